The molecule has 0 aliphatic carbocycles. The van der Waals surface area contributed by atoms with Crippen molar-refractivity contribution in [3.8, 4) is 5.75 Å². The minimum absolute atomic E-state index is 0.0705. The van der Waals surface area contributed by atoms with Crippen LogP contribution < -0.4 is 15.0 Å². The van der Waals surface area contributed by atoms with Gasteiger partial charge < -0.3 is 15.0 Å². The number of para-hydroxylation sites is 2. The summed E-state index contributed by atoms with van der Waals surface area (Å²) < 4.78 is 18.9. The van der Waals surface area contributed by atoms with E-state index in [2.05, 4.69) is 5.32 Å². The Labute approximate surface area is 151 Å². The average molecular weight is 357 g/mol. The van der Waals surface area contributed by atoms with Gasteiger partial charge in [0.2, 0.25) is 5.91 Å². The maximum absolute atomic E-state index is 13.6. The van der Waals surface area contributed by atoms with E-state index in [0.29, 0.717) is 30.1 Å². The van der Waals surface area contributed by atoms with Gasteiger partial charge in [-0.15, -0.1) is 0 Å². The number of ether oxygens (including phenoxy) is 1. The Morgan fingerprint density at radius 1 is 1.15 bits per heavy atom. The number of nitrogens with one attached hydrogen (secondary N) is 1. The molecule has 3 rings (SSSR count). The number of benzene rings is 2. The van der Waals surface area contributed by atoms with E-state index in [-0.39, 0.29) is 30.8 Å². The summed E-state index contributed by atoms with van der Waals surface area (Å²) in [4.78, 5) is 27.8. The molecule has 0 radical (unpaired) electrons. The zero-order valence-corrected chi connectivity index (χ0v) is 14.4. The second-order valence-electron chi connectivity index (χ2n) is 5.90. The fourth-order valence-electron chi connectivity index (χ4n) is 2.87. The third-order valence-electron chi connectivity index (χ3n) is 4.24. The van der Waals surface area contributed by atoms with Gasteiger partial charge in [-0.05, 0) is 18.2 Å². The Morgan fingerprint density at radius 2 is 1.88 bits per heavy atom. The molecule has 1 N–H and O–H groups in total. The van der Waals surface area contributed by atoms with Gasteiger partial charge in [-0.1, -0.05) is 30.3 Å². The van der Waals surface area contributed by atoms with Crippen molar-refractivity contribution in [3.63, 3.8) is 0 Å². The first-order chi connectivity index (χ1) is 12.6. The van der Waals surface area contributed by atoms with Crippen LogP contribution in [0.5, 0.6) is 5.75 Å². The number of hydrogen-bond acceptors (Lipinski definition) is 3. The molecule has 7 heteroatoms. The van der Waals surface area contributed by atoms with E-state index in [1.165, 1.54) is 11.0 Å². The van der Waals surface area contributed by atoms with Gasteiger partial charge in [-0.2, -0.15) is 0 Å². The van der Waals surface area contributed by atoms with Gasteiger partial charge in [-0.3, -0.25) is 9.69 Å². The van der Waals surface area contributed by atoms with Crippen LogP contribution in [0.4, 0.5) is 14.9 Å². The number of amides is 3. The molecule has 2 aromatic carbocycles. The lowest BCUT2D eigenvalue weighted by Gasteiger charge is -2.20. The molecule has 0 atom stereocenters. The van der Waals surface area contributed by atoms with Crippen LogP contribution >= 0.6 is 0 Å². The summed E-state index contributed by atoms with van der Waals surface area (Å²) in [7, 11) is 1.55. The molecule has 1 aliphatic rings. The zero-order valence-electron chi connectivity index (χ0n) is 14.4. The van der Waals surface area contributed by atoms with Gasteiger partial charge in [0.05, 0.1) is 12.8 Å². The first kappa shape index (κ1) is 17.7. The summed E-state index contributed by atoms with van der Waals surface area (Å²) >= 11 is 0. The van der Waals surface area contributed by atoms with Crippen molar-refractivity contribution in [1.29, 1.82) is 0 Å². The average Bonchev–Trinajstić information content (AvgIpc) is 3.01. The molecule has 6 nitrogen and oxygen atoms in total. The van der Waals surface area contributed by atoms with Crippen LogP contribution in [-0.2, 0) is 11.3 Å². The lowest BCUT2D eigenvalue weighted by Crippen LogP contribution is -2.39. The van der Waals surface area contributed by atoms with E-state index in [1.807, 2.05) is 12.1 Å². The van der Waals surface area contributed by atoms with Gasteiger partial charge in [0.15, 0.2) is 0 Å². The number of nitrogens with zero attached hydrogens (tertiary/aromatic N) is 2. The summed E-state index contributed by atoms with van der Waals surface area (Å²) in [5.74, 6) is -0.0948. The summed E-state index contributed by atoms with van der Waals surface area (Å²) in [5, 5.41) is 2.65. The topological polar surface area (TPSA) is 61.9 Å². The number of carbonyl (C=O) groups is 2. The lowest BCUT2D eigenvalue weighted by molar-refractivity contribution is -0.121. The first-order valence-electron chi connectivity index (χ1n) is 8.29. The highest BCUT2D eigenvalue weighted by atomic mass is 19.1. The van der Waals surface area contributed by atoms with Gasteiger partial charge in [0.1, 0.15) is 18.1 Å². The molecule has 2 aromatic rings. The smallest absolute Gasteiger partial charge is 0.325 e. The van der Waals surface area contributed by atoms with Crippen molar-refractivity contribution in [3.05, 3.63) is 59.9 Å². The second kappa shape index (κ2) is 7.86. The van der Waals surface area contributed by atoms with E-state index in [1.54, 1.807) is 42.3 Å². The van der Waals surface area contributed by atoms with Crippen LogP contribution in [0.2, 0.25) is 0 Å². The maximum Gasteiger partial charge on any atom is 0.325 e. The Balaban J connectivity index is 1.58. The Morgan fingerprint density at radius 3 is 2.65 bits per heavy atom. The normalized spacial score (nSPS) is 13.8. The van der Waals surface area contributed by atoms with Crippen molar-refractivity contribution in [2.45, 2.75) is 6.54 Å². The van der Waals surface area contributed by atoms with Gasteiger partial charge in [0, 0.05) is 25.2 Å². The highest BCUT2D eigenvalue weighted by molar-refractivity contribution is 5.97. The van der Waals surface area contributed by atoms with Crippen LogP contribution in [0.15, 0.2) is 48.5 Å². The van der Waals surface area contributed by atoms with Gasteiger partial charge in [0.25, 0.3) is 0 Å². The Kier molecular flexibility index (Phi) is 5.36. The maximum atomic E-state index is 13.6. The van der Waals surface area contributed by atoms with E-state index in [4.69, 9.17) is 4.74 Å². The molecule has 1 fully saturated rings. The number of anilines is 1. The number of rotatable bonds is 6. The second-order valence-corrected chi connectivity index (χ2v) is 5.90. The predicted octanol–water partition coefficient (Wildman–Crippen LogP) is 2.39. The Bertz CT molecular complexity index is 812. The molecule has 0 saturated carbocycles. The molecule has 1 saturated heterocycles. The van der Waals surface area contributed by atoms with E-state index < -0.39 is 0 Å². The molecular formula is C19H20FN3O3. The van der Waals surface area contributed by atoms with Gasteiger partial charge >= 0.3 is 6.03 Å². The SMILES string of the molecule is COc1ccccc1N1CCN(CC(=O)NCc2ccccc2F)C1=O. The molecule has 0 unspecified atom stereocenters. The van der Waals surface area contributed by atoms with Crippen LogP contribution in [0.3, 0.4) is 0 Å². The molecule has 1 aliphatic heterocycles. The molecule has 26 heavy (non-hydrogen) atoms. The number of urea groups is 1. The fourth-order valence-corrected chi connectivity index (χ4v) is 2.87. The minimum atomic E-state index is -0.368. The Hall–Kier alpha value is -3.09. The van der Waals surface area contributed by atoms with Crippen molar-refractivity contribution in [2.24, 2.45) is 0 Å². The van der Waals surface area contributed by atoms with E-state index >= 15 is 0 Å². The molecular weight excluding hydrogens is 337 g/mol. The quantitative estimate of drug-likeness (QED) is 0.864. The highest BCUT2D eigenvalue weighted by Gasteiger charge is 2.32. The molecule has 0 aromatic heterocycles. The van der Waals surface area contributed by atoms with E-state index in [9.17, 15) is 14.0 Å². The summed E-state index contributed by atoms with van der Waals surface area (Å²) in [5.41, 5.74) is 1.08. The van der Waals surface area contributed by atoms with Crippen LogP contribution in [-0.4, -0.2) is 43.6 Å². The predicted molar refractivity (Wildman–Crippen MR) is 95.6 cm³/mol. The number of hydrogen-bond donors (Lipinski definition) is 1. The first-order valence-corrected chi connectivity index (χ1v) is 8.29. The third kappa shape index (κ3) is 3.77. The van der Waals surface area contributed by atoms with Crippen molar-refractivity contribution in [2.75, 3.05) is 31.6 Å². The summed E-state index contributed by atoms with van der Waals surface area (Å²) in [6.07, 6.45) is 0. The van der Waals surface area contributed by atoms with Crippen molar-refractivity contribution >= 4 is 17.6 Å². The van der Waals surface area contributed by atoms with Crippen LogP contribution in [0.1, 0.15) is 5.56 Å². The highest BCUT2D eigenvalue weighted by Crippen LogP contribution is 2.30. The minimum Gasteiger partial charge on any atom is -0.495 e. The van der Waals surface area contributed by atoms with Gasteiger partial charge in [-0.25, -0.2) is 9.18 Å². The van der Waals surface area contributed by atoms with Crippen molar-refractivity contribution < 1.29 is 18.7 Å². The summed E-state index contributed by atoms with van der Waals surface area (Å²) in [6.45, 7) is 0.923. The molecule has 136 valence electrons. The fraction of sp³-hybridized carbons (Fsp3) is 0.263. The van der Waals surface area contributed by atoms with Crippen molar-refractivity contribution in [1.82, 2.24) is 10.2 Å². The molecule has 3 amide bonds. The number of halogens is 1. The number of methoxy groups -OCH3 is 1. The van der Waals surface area contributed by atoms with Crippen LogP contribution in [0.25, 0.3) is 0 Å². The monoisotopic (exact) mass is 357 g/mol. The standard InChI is InChI=1S/C19H20FN3O3/c1-26-17-9-5-4-8-16(17)23-11-10-22(19(23)25)13-18(24)21-12-14-6-2-3-7-15(14)20/h2-9H,10-13H2,1H3,(H,21,24). The largest absolute Gasteiger partial charge is 0.495 e. The molecule has 0 bridgehead atoms. The zero-order chi connectivity index (χ0) is 18.5. The summed E-state index contributed by atoms with van der Waals surface area (Å²) in [6, 6.07) is 13.2. The van der Waals surface area contributed by atoms with Crippen LogP contribution in [0, 0.1) is 5.82 Å². The van der Waals surface area contributed by atoms with E-state index in [0.717, 1.165) is 0 Å². The lowest BCUT2D eigenvalue weighted by atomic mass is 10.2. The molecule has 1 heterocycles. The molecule has 0 spiro atoms. The third-order valence-corrected chi connectivity index (χ3v) is 4.24. The number of carbonyl (C=O) groups excluding carboxylic acids is 2.